The molecule has 0 aliphatic rings. The normalized spacial score (nSPS) is 10.3. The molecule has 1 aromatic carbocycles. The van der Waals surface area contributed by atoms with Gasteiger partial charge in [0.1, 0.15) is 5.75 Å². The van der Waals surface area contributed by atoms with Crippen molar-refractivity contribution < 1.29 is 13.9 Å². The highest BCUT2D eigenvalue weighted by atomic mass is 79.9. The fourth-order valence-corrected chi connectivity index (χ4v) is 2.08. The lowest BCUT2D eigenvalue weighted by atomic mass is 10.2. The highest BCUT2D eigenvalue weighted by Gasteiger charge is 2.17. The second kappa shape index (κ2) is 5.93. The first-order valence-corrected chi connectivity index (χ1v) is 6.54. The summed E-state index contributed by atoms with van der Waals surface area (Å²) >= 11 is 3.18. The maximum Gasteiger partial charge on any atom is 0.289 e. The van der Waals surface area contributed by atoms with Crippen molar-refractivity contribution in [2.45, 2.75) is 6.54 Å². The molecular formula is C14H14BrNO3. The van der Waals surface area contributed by atoms with Gasteiger partial charge in [-0.05, 0) is 34.1 Å². The van der Waals surface area contributed by atoms with Crippen LogP contribution in [0.2, 0.25) is 0 Å². The van der Waals surface area contributed by atoms with Crippen molar-refractivity contribution in [3.05, 3.63) is 52.4 Å². The summed E-state index contributed by atoms with van der Waals surface area (Å²) in [7, 11) is 3.34. The van der Waals surface area contributed by atoms with Gasteiger partial charge in [0, 0.05) is 19.2 Å². The number of furan rings is 1. The Balaban J connectivity index is 2.12. The Labute approximate surface area is 120 Å². The fourth-order valence-electron chi connectivity index (χ4n) is 1.78. The molecule has 19 heavy (non-hydrogen) atoms. The van der Waals surface area contributed by atoms with E-state index in [0.717, 1.165) is 11.3 Å². The molecule has 4 nitrogen and oxygen atoms in total. The highest BCUT2D eigenvalue weighted by Crippen LogP contribution is 2.20. The van der Waals surface area contributed by atoms with Crippen LogP contribution < -0.4 is 4.74 Å². The van der Waals surface area contributed by atoms with Gasteiger partial charge in [-0.3, -0.25) is 4.79 Å². The first-order valence-electron chi connectivity index (χ1n) is 5.74. The molecule has 100 valence electrons. The molecule has 2 aromatic rings. The number of carbonyl (C=O) groups is 1. The number of para-hydroxylation sites is 1. The van der Waals surface area contributed by atoms with Gasteiger partial charge in [-0.2, -0.15) is 0 Å². The lowest BCUT2D eigenvalue weighted by Crippen LogP contribution is -2.26. The molecule has 1 amide bonds. The summed E-state index contributed by atoms with van der Waals surface area (Å²) < 4.78 is 11.1. The van der Waals surface area contributed by atoms with Crippen molar-refractivity contribution in [1.82, 2.24) is 4.90 Å². The van der Waals surface area contributed by atoms with E-state index in [1.165, 1.54) is 0 Å². The Kier molecular flexibility index (Phi) is 4.27. The van der Waals surface area contributed by atoms with Crippen LogP contribution in [0.3, 0.4) is 0 Å². The Morgan fingerprint density at radius 3 is 2.68 bits per heavy atom. The number of amides is 1. The largest absolute Gasteiger partial charge is 0.496 e. The smallest absolute Gasteiger partial charge is 0.289 e. The minimum absolute atomic E-state index is 0.170. The molecule has 0 bridgehead atoms. The molecule has 0 atom stereocenters. The lowest BCUT2D eigenvalue weighted by Gasteiger charge is -2.17. The molecule has 0 saturated heterocycles. The van der Waals surface area contributed by atoms with Crippen LogP contribution in [0, 0.1) is 0 Å². The van der Waals surface area contributed by atoms with Crippen molar-refractivity contribution in [3.63, 3.8) is 0 Å². The molecule has 5 heteroatoms. The third-order valence-corrected chi connectivity index (χ3v) is 3.16. The lowest BCUT2D eigenvalue weighted by molar-refractivity contribution is 0.0751. The van der Waals surface area contributed by atoms with Crippen molar-refractivity contribution in [2.24, 2.45) is 0 Å². The number of carbonyl (C=O) groups excluding carboxylic acids is 1. The van der Waals surface area contributed by atoms with Gasteiger partial charge in [0.25, 0.3) is 5.91 Å². The Morgan fingerprint density at radius 2 is 2.05 bits per heavy atom. The molecule has 0 aliphatic carbocycles. The predicted octanol–water partition coefficient (Wildman–Crippen LogP) is 3.32. The number of benzene rings is 1. The van der Waals surface area contributed by atoms with Crippen LogP contribution in [-0.4, -0.2) is 25.0 Å². The predicted molar refractivity (Wildman–Crippen MR) is 75.2 cm³/mol. The monoisotopic (exact) mass is 323 g/mol. The molecule has 0 aliphatic heterocycles. The molecule has 0 radical (unpaired) electrons. The fraction of sp³-hybridized carbons (Fsp3) is 0.214. The van der Waals surface area contributed by atoms with E-state index in [1.54, 1.807) is 31.2 Å². The van der Waals surface area contributed by atoms with E-state index >= 15 is 0 Å². The van der Waals surface area contributed by atoms with Crippen LogP contribution in [0.15, 0.2) is 45.5 Å². The average Bonchev–Trinajstić information content (AvgIpc) is 2.85. The van der Waals surface area contributed by atoms with Gasteiger partial charge in [0.2, 0.25) is 0 Å². The molecular weight excluding hydrogens is 310 g/mol. The third-order valence-electron chi connectivity index (χ3n) is 2.73. The summed E-state index contributed by atoms with van der Waals surface area (Å²) in [6.45, 7) is 0.459. The highest BCUT2D eigenvalue weighted by molar-refractivity contribution is 9.10. The number of hydrogen-bond acceptors (Lipinski definition) is 3. The first-order chi connectivity index (χ1) is 9.11. The molecule has 0 fully saturated rings. The van der Waals surface area contributed by atoms with Gasteiger partial charge in [0.05, 0.1) is 7.11 Å². The number of rotatable bonds is 4. The quantitative estimate of drug-likeness (QED) is 0.866. The van der Waals surface area contributed by atoms with Crippen LogP contribution in [-0.2, 0) is 6.54 Å². The number of halogens is 1. The second-order valence-corrected chi connectivity index (χ2v) is 4.86. The zero-order valence-electron chi connectivity index (χ0n) is 10.7. The Bertz CT molecular complexity index is 580. The Morgan fingerprint density at radius 1 is 1.32 bits per heavy atom. The van der Waals surface area contributed by atoms with Crippen molar-refractivity contribution >= 4 is 21.8 Å². The van der Waals surface area contributed by atoms with E-state index in [4.69, 9.17) is 9.15 Å². The van der Waals surface area contributed by atoms with Gasteiger partial charge in [-0.25, -0.2) is 0 Å². The van der Waals surface area contributed by atoms with Crippen LogP contribution in [0.25, 0.3) is 0 Å². The van der Waals surface area contributed by atoms with Gasteiger partial charge < -0.3 is 14.1 Å². The molecule has 0 spiro atoms. The summed E-state index contributed by atoms with van der Waals surface area (Å²) in [5.74, 6) is 0.906. The number of ether oxygens (including phenoxy) is 1. The van der Waals surface area contributed by atoms with Gasteiger partial charge in [-0.1, -0.05) is 18.2 Å². The van der Waals surface area contributed by atoms with E-state index in [2.05, 4.69) is 15.9 Å². The number of nitrogens with zero attached hydrogens (tertiary/aromatic N) is 1. The van der Waals surface area contributed by atoms with Crippen LogP contribution in [0.4, 0.5) is 0 Å². The van der Waals surface area contributed by atoms with Gasteiger partial charge in [0.15, 0.2) is 10.4 Å². The third kappa shape index (κ3) is 3.17. The van der Waals surface area contributed by atoms with E-state index in [1.807, 2.05) is 24.3 Å². The summed E-state index contributed by atoms with van der Waals surface area (Å²) in [5.41, 5.74) is 0.950. The summed E-state index contributed by atoms with van der Waals surface area (Å²) in [4.78, 5) is 13.7. The maximum atomic E-state index is 12.1. The Hall–Kier alpha value is -1.75. The zero-order chi connectivity index (χ0) is 13.8. The molecule has 0 unspecified atom stereocenters. The molecule has 1 aromatic heterocycles. The minimum atomic E-state index is -0.170. The number of methoxy groups -OCH3 is 1. The van der Waals surface area contributed by atoms with E-state index in [0.29, 0.717) is 17.0 Å². The van der Waals surface area contributed by atoms with Crippen LogP contribution in [0.1, 0.15) is 16.1 Å². The van der Waals surface area contributed by atoms with E-state index in [9.17, 15) is 4.79 Å². The maximum absolute atomic E-state index is 12.1. The molecule has 1 heterocycles. The molecule has 2 rings (SSSR count). The topological polar surface area (TPSA) is 42.7 Å². The van der Waals surface area contributed by atoms with Crippen LogP contribution in [0.5, 0.6) is 5.75 Å². The summed E-state index contributed by atoms with van der Waals surface area (Å²) in [6, 6.07) is 11.0. The van der Waals surface area contributed by atoms with E-state index < -0.39 is 0 Å². The average molecular weight is 324 g/mol. The summed E-state index contributed by atoms with van der Waals surface area (Å²) in [6.07, 6.45) is 0. The summed E-state index contributed by atoms with van der Waals surface area (Å²) in [5, 5.41) is 0. The van der Waals surface area contributed by atoms with Gasteiger partial charge in [-0.15, -0.1) is 0 Å². The molecule has 0 saturated carbocycles. The second-order valence-electron chi connectivity index (χ2n) is 4.08. The number of hydrogen-bond donors (Lipinski definition) is 0. The van der Waals surface area contributed by atoms with Gasteiger partial charge >= 0.3 is 0 Å². The van der Waals surface area contributed by atoms with Crippen LogP contribution >= 0.6 is 15.9 Å². The SMILES string of the molecule is COc1ccccc1CN(C)C(=O)c1ccc(Br)o1. The molecule has 0 N–H and O–H groups in total. The van der Waals surface area contributed by atoms with Crippen molar-refractivity contribution in [1.29, 1.82) is 0 Å². The van der Waals surface area contributed by atoms with Crippen molar-refractivity contribution in [3.8, 4) is 5.75 Å². The van der Waals surface area contributed by atoms with E-state index in [-0.39, 0.29) is 5.91 Å². The minimum Gasteiger partial charge on any atom is -0.496 e. The standard InChI is InChI=1S/C14H14BrNO3/c1-16(14(17)12-7-8-13(15)19-12)9-10-5-3-4-6-11(10)18-2/h3-8H,9H2,1-2H3. The zero-order valence-corrected chi connectivity index (χ0v) is 12.3. The first kappa shape index (κ1) is 13.7. The van der Waals surface area contributed by atoms with Crippen molar-refractivity contribution in [2.75, 3.05) is 14.2 Å².